The minimum absolute atomic E-state index is 0.143. The number of hydrogen-bond donors (Lipinski definition) is 1. The van der Waals surface area contributed by atoms with Crippen molar-refractivity contribution in [1.29, 1.82) is 0 Å². The van der Waals surface area contributed by atoms with E-state index in [0.29, 0.717) is 11.4 Å². The Bertz CT molecular complexity index is 862. The van der Waals surface area contributed by atoms with Gasteiger partial charge in [-0.2, -0.15) is 4.98 Å². The van der Waals surface area contributed by atoms with E-state index >= 15 is 0 Å². The van der Waals surface area contributed by atoms with E-state index < -0.39 is 15.2 Å². The van der Waals surface area contributed by atoms with Gasteiger partial charge < -0.3 is 9.88 Å². The van der Waals surface area contributed by atoms with Gasteiger partial charge in [0.15, 0.2) is 5.82 Å². The summed E-state index contributed by atoms with van der Waals surface area (Å²) in [5.41, 5.74) is 4.73. The van der Waals surface area contributed by atoms with Gasteiger partial charge in [0.2, 0.25) is 5.28 Å². The van der Waals surface area contributed by atoms with Crippen molar-refractivity contribution >= 4 is 43.6 Å². The van der Waals surface area contributed by atoms with Crippen molar-refractivity contribution in [3.05, 3.63) is 41.3 Å². The maximum Gasteiger partial charge on any atom is 0.224 e. The molecule has 0 saturated heterocycles. The van der Waals surface area contributed by atoms with Gasteiger partial charge in [0.1, 0.15) is 15.2 Å². The van der Waals surface area contributed by atoms with Crippen LogP contribution in [0.1, 0.15) is 5.56 Å². The van der Waals surface area contributed by atoms with Crippen LogP contribution in [-0.4, -0.2) is 31.4 Å². The molecule has 0 aliphatic heterocycles. The molecule has 0 atom stereocenters. The molecule has 24 heavy (non-hydrogen) atoms. The Morgan fingerprint density at radius 1 is 1.21 bits per heavy atom. The van der Waals surface area contributed by atoms with Crippen LogP contribution in [0.3, 0.4) is 0 Å². The van der Waals surface area contributed by atoms with Crippen molar-refractivity contribution in [2.45, 2.75) is 19.6 Å². The quantitative estimate of drug-likeness (QED) is 0.374. The zero-order valence-electron chi connectivity index (χ0n) is 14.5. The summed E-state index contributed by atoms with van der Waals surface area (Å²) in [6.07, 6.45) is 1.62. The van der Waals surface area contributed by atoms with Crippen LogP contribution in [0.15, 0.2) is 30.5 Å². The van der Waals surface area contributed by atoms with E-state index in [-0.39, 0.29) is 5.28 Å². The van der Waals surface area contributed by atoms with Crippen molar-refractivity contribution in [2.24, 2.45) is 0 Å². The normalized spacial score (nSPS) is 11.6. The van der Waals surface area contributed by atoms with Crippen LogP contribution in [0.25, 0.3) is 0 Å². The molecule has 1 aromatic carbocycles. The largest absolute Gasteiger partial charge is 0.338 e. The van der Waals surface area contributed by atoms with Crippen LogP contribution in [-0.2, 0) is 4.57 Å². The third-order valence-corrected chi connectivity index (χ3v) is 5.68. The monoisotopic (exact) mass is 377 g/mol. The predicted molar refractivity (Wildman–Crippen MR) is 106 cm³/mol. The SMILES string of the molecule is C[Si](C)(C)C#Cc1cnc(Cl)nc1Nc1ccccc1P(C)(C)=O. The van der Waals surface area contributed by atoms with Crippen LogP contribution in [0.4, 0.5) is 11.5 Å². The fourth-order valence-corrected chi connectivity index (χ4v) is 3.78. The summed E-state index contributed by atoms with van der Waals surface area (Å²) in [6.45, 7) is 10.00. The summed E-state index contributed by atoms with van der Waals surface area (Å²) < 4.78 is 12.5. The molecular weight excluding hydrogens is 357 g/mol. The maximum atomic E-state index is 12.5. The second-order valence-corrected chi connectivity index (χ2v) is 15.2. The van der Waals surface area contributed by atoms with E-state index in [0.717, 1.165) is 11.0 Å². The Morgan fingerprint density at radius 3 is 2.50 bits per heavy atom. The predicted octanol–water partition coefficient (Wildman–Crippen LogP) is 4.35. The van der Waals surface area contributed by atoms with Gasteiger partial charge in [-0.05, 0) is 37.1 Å². The molecule has 1 N–H and O–H groups in total. The fourth-order valence-electron chi connectivity index (χ4n) is 1.98. The van der Waals surface area contributed by atoms with Crippen molar-refractivity contribution in [3.63, 3.8) is 0 Å². The molecule has 1 heterocycles. The highest BCUT2D eigenvalue weighted by Gasteiger charge is 2.17. The molecule has 0 bridgehead atoms. The average molecular weight is 378 g/mol. The van der Waals surface area contributed by atoms with Crippen LogP contribution in [0.5, 0.6) is 0 Å². The molecule has 1 aromatic heterocycles. The summed E-state index contributed by atoms with van der Waals surface area (Å²) in [7, 11) is -3.96. The number of halogens is 1. The van der Waals surface area contributed by atoms with E-state index in [4.69, 9.17) is 11.6 Å². The average Bonchev–Trinajstić information content (AvgIpc) is 2.45. The zero-order valence-corrected chi connectivity index (χ0v) is 17.2. The van der Waals surface area contributed by atoms with E-state index in [1.54, 1.807) is 19.5 Å². The maximum absolute atomic E-state index is 12.5. The first kappa shape index (κ1) is 18.7. The van der Waals surface area contributed by atoms with Crippen LogP contribution < -0.4 is 10.6 Å². The Labute approximate surface area is 149 Å². The highest BCUT2D eigenvalue weighted by molar-refractivity contribution is 7.70. The second kappa shape index (κ2) is 7.10. The van der Waals surface area contributed by atoms with Gasteiger partial charge in [0.25, 0.3) is 0 Å². The van der Waals surface area contributed by atoms with Crippen molar-refractivity contribution < 1.29 is 4.57 Å². The molecule has 2 aromatic rings. The number of nitrogens with one attached hydrogen (secondary N) is 1. The van der Waals surface area contributed by atoms with Gasteiger partial charge in [0.05, 0.1) is 11.3 Å². The summed E-state index contributed by atoms with van der Waals surface area (Å²) in [5.74, 6) is 3.68. The molecular formula is C17H21ClN3OPSi. The Morgan fingerprint density at radius 2 is 1.88 bits per heavy atom. The fraction of sp³-hybridized carbons (Fsp3) is 0.294. The van der Waals surface area contributed by atoms with E-state index in [1.807, 2.05) is 24.3 Å². The number of para-hydroxylation sites is 1. The number of nitrogens with zero attached hydrogens (tertiary/aromatic N) is 2. The lowest BCUT2D eigenvalue weighted by Gasteiger charge is -2.15. The zero-order chi connectivity index (χ0) is 18.0. The van der Waals surface area contributed by atoms with Gasteiger partial charge in [-0.15, -0.1) is 5.54 Å². The Balaban J connectivity index is 2.49. The van der Waals surface area contributed by atoms with Crippen molar-refractivity contribution in [1.82, 2.24) is 9.97 Å². The first-order valence-corrected chi connectivity index (χ1v) is 14.0. The van der Waals surface area contributed by atoms with E-state index in [2.05, 4.69) is 46.4 Å². The molecule has 4 nitrogen and oxygen atoms in total. The van der Waals surface area contributed by atoms with Gasteiger partial charge in [-0.1, -0.05) is 37.7 Å². The lowest BCUT2D eigenvalue weighted by Crippen LogP contribution is -2.16. The molecule has 126 valence electrons. The molecule has 0 aliphatic carbocycles. The Kier molecular flexibility index (Phi) is 5.55. The molecule has 0 amide bonds. The molecule has 0 fully saturated rings. The first-order chi connectivity index (χ1) is 11.1. The third-order valence-electron chi connectivity index (χ3n) is 3.07. The first-order valence-electron chi connectivity index (χ1n) is 7.53. The van der Waals surface area contributed by atoms with Crippen LogP contribution >= 0.6 is 18.7 Å². The van der Waals surface area contributed by atoms with Crippen molar-refractivity contribution in [3.8, 4) is 11.5 Å². The summed E-state index contributed by atoms with van der Waals surface area (Å²) >= 11 is 5.95. The standard InChI is InChI=1S/C17H21ClN3OPSi/c1-23(2,22)15-9-7-6-8-14(15)20-16-13(10-11-24(3,4)5)12-19-17(18)21-16/h6-9,12H,1-5H3,(H,19,20,21). The molecule has 0 spiro atoms. The van der Waals surface area contributed by atoms with Gasteiger partial charge in [0, 0.05) is 11.5 Å². The second-order valence-electron chi connectivity index (χ2n) is 6.89. The highest BCUT2D eigenvalue weighted by Crippen LogP contribution is 2.38. The molecule has 0 aliphatic rings. The molecule has 0 unspecified atom stereocenters. The smallest absolute Gasteiger partial charge is 0.224 e. The van der Waals surface area contributed by atoms with Gasteiger partial charge in [-0.25, -0.2) is 4.98 Å². The summed E-state index contributed by atoms with van der Waals surface area (Å²) in [4.78, 5) is 8.28. The topological polar surface area (TPSA) is 54.9 Å². The minimum Gasteiger partial charge on any atom is -0.338 e. The van der Waals surface area contributed by atoms with Crippen LogP contribution in [0.2, 0.25) is 24.9 Å². The van der Waals surface area contributed by atoms with Crippen molar-refractivity contribution in [2.75, 3.05) is 18.6 Å². The summed E-state index contributed by atoms with van der Waals surface area (Å²) in [6, 6.07) is 7.50. The summed E-state index contributed by atoms with van der Waals surface area (Å²) in [5, 5.41) is 4.14. The van der Waals surface area contributed by atoms with E-state index in [9.17, 15) is 4.57 Å². The number of aromatic nitrogens is 2. The molecule has 2 rings (SSSR count). The molecule has 7 heteroatoms. The lowest BCUT2D eigenvalue weighted by molar-refractivity contribution is 0.588. The van der Waals surface area contributed by atoms with Gasteiger partial charge in [-0.3, -0.25) is 0 Å². The highest BCUT2D eigenvalue weighted by atomic mass is 35.5. The lowest BCUT2D eigenvalue weighted by atomic mass is 10.3. The third kappa shape index (κ3) is 5.21. The minimum atomic E-state index is -2.43. The molecule has 0 radical (unpaired) electrons. The number of benzene rings is 1. The van der Waals surface area contributed by atoms with Crippen LogP contribution in [0, 0.1) is 11.5 Å². The van der Waals surface area contributed by atoms with E-state index in [1.165, 1.54) is 0 Å². The number of hydrogen-bond acceptors (Lipinski definition) is 4. The van der Waals surface area contributed by atoms with Gasteiger partial charge >= 0.3 is 0 Å². The Hall–Kier alpha value is -1.60. The number of rotatable bonds is 3. The number of anilines is 2. The molecule has 0 saturated carbocycles.